The summed E-state index contributed by atoms with van der Waals surface area (Å²) in [5, 5.41) is 3.21. The second kappa shape index (κ2) is 2.95. The maximum Gasteiger partial charge on any atom is 0.166 e. The number of carbonyl (C=O) groups excluding carboxylic acids is 1. The molecule has 0 saturated carbocycles. The van der Waals surface area contributed by atoms with Crippen LogP contribution in [0, 0.1) is 0 Å². The topological polar surface area (TPSA) is 46.9 Å². The molecule has 15 heavy (non-hydrogen) atoms. The highest BCUT2D eigenvalue weighted by Crippen LogP contribution is 2.26. The van der Waals surface area contributed by atoms with Gasteiger partial charge in [-0.15, -0.1) is 0 Å². The van der Waals surface area contributed by atoms with Crippen molar-refractivity contribution in [2.45, 2.75) is 6.54 Å². The number of aromatic nitrogens is 2. The minimum atomic E-state index is 0.667. The van der Waals surface area contributed by atoms with Gasteiger partial charge < -0.3 is 9.88 Å². The number of nitrogens with one attached hydrogen (secondary N) is 1. The molecule has 4 nitrogen and oxygen atoms in total. The van der Waals surface area contributed by atoms with Crippen molar-refractivity contribution in [3.8, 4) is 5.69 Å². The Hall–Kier alpha value is -2.10. The number of anilines is 1. The normalized spacial score (nSPS) is 12.5. The second-order valence-corrected chi connectivity index (χ2v) is 3.43. The lowest BCUT2D eigenvalue weighted by molar-refractivity contribution is 0.111. The van der Waals surface area contributed by atoms with Crippen LogP contribution < -0.4 is 5.32 Å². The van der Waals surface area contributed by atoms with E-state index >= 15 is 0 Å². The fourth-order valence-electron chi connectivity index (χ4n) is 1.91. The number of pyridine rings is 1. The van der Waals surface area contributed by atoms with Crippen molar-refractivity contribution < 1.29 is 4.79 Å². The Balaban J connectivity index is 2.31. The van der Waals surface area contributed by atoms with Crippen LogP contribution in [0.25, 0.3) is 5.69 Å². The monoisotopic (exact) mass is 199 g/mol. The average Bonchev–Trinajstić information content (AvgIpc) is 2.72. The van der Waals surface area contributed by atoms with E-state index in [1.54, 1.807) is 6.20 Å². The van der Waals surface area contributed by atoms with E-state index in [9.17, 15) is 4.79 Å². The molecule has 1 aliphatic rings. The van der Waals surface area contributed by atoms with Crippen molar-refractivity contribution >= 4 is 12.1 Å². The molecule has 3 rings (SSSR count). The maximum atomic E-state index is 10.9. The molecular formula is C11H9N3O. The molecule has 2 aromatic rings. The van der Waals surface area contributed by atoms with Crippen LogP contribution in [0.1, 0.15) is 16.2 Å². The Morgan fingerprint density at radius 3 is 3.20 bits per heavy atom. The summed E-state index contributed by atoms with van der Waals surface area (Å²) in [7, 11) is 0. The number of carbonyl (C=O) groups is 1. The third-order valence-corrected chi connectivity index (χ3v) is 2.58. The number of hydrogen-bond donors (Lipinski definition) is 1. The van der Waals surface area contributed by atoms with Crippen LogP contribution in [0.15, 0.2) is 30.5 Å². The van der Waals surface area contributed by atoms with Crippen LogP contribution in [0.3, 0.4) is 0 Å². The molecule has 0 aliphatic carbocycles. The Morgan fingerprint density at radius 2 is 2.33 bits per heavy atom. The van der Waals surface area contributed by atoms with Gasteiger partial charge in [-0.25, -0.2) is 4.98 Å². The second-order valence-electron chi connectivity index (χ2n) is 3.43. The number of fused-ring (bicyclic) bond motifs is 3. The van der Waals surface area contributed by atoms with Gasteiger partial charge >= 0.3 is 0 Å². The summed E-state index contributed by atoms with van der Waals surface area (Å²) >= 11 is 0. The van der Waals surface area contributed by atoms with Crippen molar-refractivity contribution in [1.82, 2.24) is 9.55 Å². The zero-order valence-electron chi connectivity index (χ0n) is 7.97. The zero-order valence-corrected chi connectivity index (χ0v) is 7.97. The minimum Gasteiger partial charge on any atom is -0.363 e. The predicted molar refractivity (Wildman–Crippen MR) is 56.3 cm³/mol. The van der Waals surface area contributed by atoms with Gasteiger partial charge in [0.15, 0.2) is 12.1 Å². The number of rotatable bonds is 1. The van der Waals surface area contributed by atoms with Crippen molar-refractivity contribution in [1.29, 1.82) is 0 Å². The molecule has 3 heterocycles. The quantitative estimate of drug-likeness (QED) is 0.710. The van der Waals surface area contributed by atoms with E-state index in [4.69, 9.17) is 0 Å². The minimum absolute atomic E-state index is 0.667. The third-order valence-electron chi connectivity index (χ3n) is 2.58. The SMILES string of the molecule is O=Cc1ccc2n1-c1cccnc1NC2. The summed E-state index contributed by atoms with van der Waals surface area (Å²) in [5.74, 6) is 0.823. The molecule has 2 aromatic heterocycles. The highest BCUT2D eigenvalue weighted by Gasteiger charge is 2.17. The molecule has 4 heteroatoms. The molecular weight excluding hydrogens is 190 g/mol. The summed E-state index contributed by atoms with van der Waals surface area (Å²) in [5.41, 5.74) is 2.68. The fourth-order valence-corrected chi connectivity index (χ4v) is 1.91. The number of nitrogens with zero attached hydrogens (tertiary/aromatic N) is 2. The number of hydrogen-bond acceptors (Lipinski definition) is 3. The molecule has 0 aromatic carbocycles. The lowest BCUT2D eigenvalue weighted by Gasteiger charge is -2.20. The molecule has 0 unspecified atom stereocenters. The van der Waals surface area contributed by atoms with Crippen LogP contribution in [-0.2, 0) is 6.54 Å². The Morgan fingerprint density at radius 1 is 1.40 bits per heavy atom. The summed E-state index contributed by atoms with van der Waals surface area (Å²) < 4.78 is 1.94. The van der Waals surface area contributed by atoms with Gasteiger partial charge in [0, 0.05) is 11.9 Å². The average molecular weight is 199 g/mol. The maximum absolute atomic E-state index is 10.9. The van der Waals surface area contributed by atoms with Gasteiger partial charge in [-0.3, -0.25) is 4.79 Å². The van der Waals surface area contributed by atoms with Crippen LogP contribution in [0.4, 0.5) is 5.82 Å². The molecule has 0 radical (unpaired) electrons. The van der Waals surface area contributed by atoms with Gasteiger partial charge in [0.05, 0.1) is 17.9 Å². The first kappa shape index (κ1) is 8.23. The molecule has 0 bridgehead atoms. The lowest BCUT2D eigenvalue weighted by Crippen LogP contribution is -2.17. The molecule has 74 valence electrons. The van der Waals surface area contributed by atoms with Crippen molar-refractivity contribution in [3.63, 3.8) is 0 Å². The first-order chi connectivity index (χ1) is 7.40. The predicted octanol–water partition coefficient (Wildman–Crippen LogP) is 1.61. The van der Waals surface area contributed by atoms with Crippen LogP contribution in [0.5, 0.6) is 0 Å². The molecule has 1 N–H and O–H groups in total. The van der Waals surface area contributed by atoms with Crippen molar-refractivity contribution in [2.75, 3.05) is 5.32 Å². The van der Waals surface area contributed by atoms with E-state index < -0.39 is 0 Å². The molecule has 0 spiro atoms. The van der Waals surface area contributed by atoms with Crippen molar-refractivity contribution in [3.05, 3.63) is 41.9 Å². The van der Waals surface area contributed by atoms with Crippen molar-refractivity contribution in [2.24, 2.45) is 0 Å². The van der Waals surface area contributed by atoms with Crippen LogP contribution >= 0.6 is 0 Å². The van der Waals surface area contributed by atoms with Gasteiger partial charge in [0.1, 0.15) is 0 Å². The Labute approximate surface area is 86.6 Å². The van der Waals surface area contributed by atoms with Gasteiger partial charge in [-0.05, 0) is 24.3 Å². The first-order valence-electron chi connectivity index (χ1n) is 4.75. The Kier molecular flexibility index (Phi) is 1.62. The van der Waals surface area contributed by atoms with Gasteiger partial charge in [-0.1, -0.05) is 0 Å². The van der Waals surface area contributed by atoms with E-state index in [2.05, 4.69) is 10.3 Å². The Bertz CT molecular complexity index is 530. The molecule has 0 saturated heterocycles. The summed E-state index contributed by atoms with van der Waals surface area (Å²) in [6, 6.07) is 7.59. The smallest absolute Gasteiger partial charge is 0.166 e. The van der Waals surface area contributed by atoms with Crippen LogP contribution in [-0.4, -0.2) is 15.8 Å². The summed E-state index contributed by atoms with van der Waals surface area (Å²) in [6.45, 7) is 0.706. The van der Waals surface area contributed by atoms with Gasteiger partial charge in [-0.2, -0.15) is 0 Å². The summed E-state index contributed by atoms with van der Waals surface area (Å²) in [4.78, 5) is 15.1. The summed E-state index contributed by atoms with van der Waals surface area (Å²) in [6.07, 6.45) is 2.60. The first-order valence-corrected chi connectivity index (χ1v) is 4.75. The highest BCUT2D eigenvalue weighted by molar-refractivity contribution is 5.76. The third kappa shape index (κ3) is 1.08. The van der Waals surface area contributed by atoms with E-state index in [0.717, 1.165) is 23.5 Å². The molecule has 0 fully saturated rings. The van der Waals surface area contributed by atoms with E-state index in [1.165, 1.54) is 0 Å². The molecule has 0 amide bonds. The highest BCUT2D eigenvalue weighted by atomic mass is 16.1. The van der Waals surface area contributed by atoms with Gasteiger partial charge in [0.25, 0.3) is 0 Å². The lowest BCUT2D eigenvalue weighted by atomic mass is 10.3. The van der Waals surface area contributed by atoms with E-state index in [0.29, 0.717) is 12.2 Å². The zero-order chi connectivity index (χ0) is 10.3. The van der Waals surface area contributed by atoms with E-state index in [-0.39, 0.29) is 0 Å². The fraction of sp³-hybridized carbons (Fsp3) is 0.0909. The van der Waals surface area contributed by atoms with E-state index in [1.807, 2.05) is 28.8 Å². The van der Waals surface area contributed by atoms with Gasteiger partial charge in [0.2, 0.25) is 0 Å². The standard InChI is InChI=1S/C11H9N3O/c15-7-9-4-3-8-6-13-11-10(14(8)9)2-1-5-12-11/h1-5,7H,6H2,(H,12,13). The number of aldehydes is 1. The molecule has 0 atom stereocenters. The van der Waals surface area contributed by atoms with Crippen LogP contribution in [0.2, 0.25) is 0 Å². The largest absolute Gasteiger partial charge is 0.363 e. The molecule has 1 aliphatic heterocycles.